The van der Waals surface area contributed by atoms with Crippen molar-refractivity contribution in [1.29, 1.82) is 0 Å². The molecule has 2 aromatic rings. The lowest BCUT2D eigenvalue weighted by Crippen LogP contribution is -2.45. The van der Waals surface area contributed by atoms with Crippen LogP contribution in [0.4, 0.5) is 0 Å². The SMILES string of the molecule is O=C(O)CN1CCC2(CC1)COc1cc(O[C@H]3CCc4ccccc43)ccc12. The summed E-state index contributed by atoms with van der Waals surface area (Å²) in [6, 6.07) is 14.8. The normalized spacial score (nSPS) is 22.5. The number of rotatable bonds is 4. The van der Waals surface area contributed by atoms with Crippen LogP contribution in [0.5, 0.6) is 11.5 Å². The quantitative estimate of drug-likeness (QED) is 0.880. The van der Waals surface area contributed by atoms with E-state index in [1.54, 1.807) is 0 Å². The Morgan fingerprint density at radius 3 is 2.86 bits per heavy atom. The lowest BCUT2D eigenvalue weighted by molar-refractivity contribution is -0.138. The Kier molecular flexibility index (Phi) is 4.27. The Balaban J connectivity index is 1.31. The van der Waals surface area contributed by atoms with Crippen LogP contribution >= 0.6 is 0 Å². The molecule has 28 heavy (non-hydrogen) atoms. The molecule has 1 saturated heterocycles. The third kappa shape index (κ3) is 3.04. The van der Waals surface area contributed by atoms with Crippen molar-refractivity contribution in [3.8, 4) is 11.5 Å². The predicted molar refractivity (Wildman–Crippen MR) is 105 cm³/mol. The lowest BCUT2D eigenvalue weighted by Gasteiger charge is -2.37. The molecule has 1 fully saturated rings. The van der Waals surface area contributed by atoms with Gasteiger partial charge in [0.15, 0.2) is 0 Å². The van der Waals surface area contributed by atoms with Crippen LogP contribution in [-0.4, -0.2) is 42.2 Å². The van der Waals surface area contributed by atoms with Crippen LogP contribution < -0.4 is 9.47 Å². The zero-order chi connectivity index (χ0) is 19.1. The summed E-state index contributed by atoms with van der Waals surface area (Å²) >= 11 is 0. The molecule has 1 aliphatic carbocycles. The maximum absolute atomic E-state index is 11.0. The highest BCUT2D eigenvalue weighted by Gasteiger charge is 2.43. The van der Waals surface area contributed by atoms with Gasteiger partial charge in [0.05, 0.1) is 13.2 Å². The van der Waals surface area contributed by atoms with Gasteiger partial charge in [-0.05, 0) is 56.0 Å². The number of carboxylic acids is 1. The van der Waals surface area contributed by atoms with Crippen LogP contribution in [0.25, 0.3) is 0 Å². The van der Waals surface area contributed by atoms with E-state index in [4.69, 9.17) is 14.6 Å². The molecule has 5 nitrogen and oxygen atoms in total. The number of carboxylic acid groups (broad SMARTS) is 1. The monoisotopic (exact) mass is 379 g/mol. The molecule has 2 heterocycles. The number of fused-ring (bicyclic) bond motifs is 3. The molecule has 3 aliphatic rings. The number of nitrogens with zero attached hydrogens (tertiary/aromatic N) is 1. The average Bonchev–Trinajstić information content (AvgIpc) is 3.26. The highest BCUT2D eigenvalue weighted by atomic mass is 16.5. The van der Waals surface area contributed by atoms with Crippen LogP contribution in [-0.2, 0) is 16.6 Å². The van der Waals surface area contributed by atoms with Gasteiger partial charge in [0.2, 0.25) is 0 Å². The largest absolute Gasteiger partial charge is 0.492 e. The van der Waals surface area contributed by atoms with E-state index in [0.717, 1.165) is 50.3 Å². The average molecular weight is 379 g/mol. The number of ether oxygens (including phenoxy) is 2. The van der Waals surface area contributed by atoms with Crippen molar-refractivity contribution in [2.45, 2.75) is 37.2 Å². The van der Waals surface area contributed by atoms with Crippen LogP contribution in [0.3, 0.4) is 0 Å². The van der Waals surface area contributed by atoms with Crippen molar-refractivity contribution in [2.24, 2.45) is 0 Å². The fourth-order valence-corrected chi connectivity index (χ4v) is 4.98. The fourth-order valence-electron chi connectivity index (χ4n) is 4.98. The van der Waals surface area contributed by atoms with Gasteiger partial charge in [-0.15, -0.1) is 0 Å². The van der Waals surface area contributed by atoms with E-state index in [1.165, 1.54) is 16.7 Å². The molecule has 2 aliphatic heterocycles. The third-order valence-electron chi connectivity index (χ3n) is 6.56. The minimum atomic E-state index is -0.755. The predicted octanol–water partition coefficient (Wildman–Crippen LogP) is 3.56. The first kappa shape index (κ1) is 17.6. The van der Waals surface area contributed by atoms with E-state index in [-0.39, 0.29) is 18.1 Å². The van der Waals surface area contributed by atoms with E-state index < -0.39 is 5.97 Å². The molecular formula is C23H25NO4. The van der Waals surface area contributed by atoms with Gasteiger partial charge in [0.25, 0.3) is 0 Å². The molecular weight excluding hydrogens is 354 g/mol. The molecule has 1 spiro atoms. The smallest absolute Gasteiger partial charge is 0.317 e. The molecule has 0 aromatic heterocycles. The Hall–Kier alpha value is -2.53. The highest BCUT2D eigenvalue weighted by Crippen LogP contribution is 2.47. The first-order chi connectivity index (χ1) is 13.6. The van der Waals surface area contributed by atoms with Crippen LogP contribution in [0.2, 0.25) is 0 Å². The van der Waals surface area contributed by atoms with E-state index in [9.17, 15) is 4.79 Å². The summed E-state index contributed by atoms with van der Waals surface area (Å²) in [6.07, 6.45) is 4.06. The number of carbonyl (C=O) groups is 1. The zero-order valence-corrected chi connectivity index (χ0v) is 15.9. The summed E-state index contributed by atoms with van der Waals surface area (Å²) in [5, 5.41) is 9.01. The lowest BCUT2D eigenvalue weighted by atomic mass is 9.74. The van der Waals surface area contributed by atoms with Crippen LogP contribution in [0, 0.1) is 0 Å². The molecule has 0 radical (unpaired) electrons. The number of aliphatic carboxylic acids is 1. The van der Waals surface area contributed by atoms with Gasteiger partial charge >= 0.3 is 5.97 Å². The van der Waals surface area contributed by atoms with Crippen molar-refractivity contribution in [1.82, 2.24) is 4.90 Å². The van der Waals surface area contributed by atoms with E-state index >= 15 is 0 Å². The molecule has 1 atom stereocenters. The number of hydrogen-bond acceptors (Lipinski definition) is 4. The van der Waals surface area contributed by atoms with Gasteiger partial charge < -0.3 is 14.6 Å². The molecule has 0 bridgehead atoms. The van der Waals surface area contributed by atoms with Crippen molar-refractivity contribution < 1.29 is 19.4 Å². The third-order valence-corrected chi connectivity index (χ3v) is 6.56. The molecule has 5 heteroatoms. The summed E-state index contributed by atoms with van der Waals surface area (Å²) in [7, 11) is 0. The molecule has 5 rings (SSSR count). The molecule has 1 N–H and O–H groups in total. The highest BCUT2D eigenvalue weighted by molar-refractivity contribution is 5.69. The van der Waals surface area contributed by atoms with E-state index in [2.05, 4.69) is 36.4 Å². The first-order valence-corrected chi connectivity index (χ1v) is 10.1. The van der Waals surface area contributed by atoms with Crippen LogP contribution in [0.15, 0.2) is 42.5 Å². The van der Waals surface area contributed by atoms with Crippen LogP contribution in [0.1, 0.15) is 42.1 Å². The first-order valence-electron chi connectivity index (χ1n) is 10.1. The standard InChI is InChI=1S/C23H25NO4/c25-22(26)14-24-11-9-23(10-12-24)15-27-21-13-17(6-7-19(21)23)28-20-8-5-16-3-1-2-4-18(16)20/h1-4,6-7,13,20H,5,8-12,14-15H2,(H,25,26)/t20-/m0/s1. The van der Waals surface area contributed by atoms with Gasteiger partial charge in [-0.1, -0.05) is 30.3 Å². The Morgan fingerprint density at radius 1 is 1.21 bits per heavy atom. The summed E-state index contributed by atoms with van der Waals surface area (Å²) in [6.45, 7) is 2.40. The number of aryl methyl sites for hydroxylation is 1. The van der Waals surface area contributed by atoms with Gasteiger partial charge in [-0.25, -0.2) is 0 Å². The van der Waals surface area contributed by atoms with Gasteiger partial charge in [0, 0.05) is 17.0 Å². The number of piperidine rings is 1. The maximum atomic E-state index is 11.0. The summed E-state index contributed by atoms with van der Waals surface area (Å²) in [5.41, 5.74) is 3.95. The summed E-state index contributed by atoms with van der Waals surface area (Å²) in [4.78, 5) is 13.0. The molecule has 0 saturated carbocycles. The summed E-state index contributed by atoms with van der Waals surface area (Å²) in [5.74, 6) is 1.03. The number of hydrogen-bond donors (Lipinski definition) is 1. The topological polar surface area (TPSA) is 59.0 Å². The van der Waals surface area contributed by atoms with E-state index in [1.807, 2.05) is 11.0 Å². The minimum absolute atomic E-state index is 0.0167. The van der Waals surface area contributed by atoms with Crippen molar-refractivity contribution in [3.05, 3.63) is 59.2 Å². The second-order valence-electron chi connectivity index (χ2n) is 8.24. The molecule has 2 aromatic carbocycles. The maximum Gasteiger partial charge on any atom is 0.317 e. The Labute approximate surface area is 164 Å². The van der Waals surface area contributed by atoms with Gasteiger partial charge in [0.1, 0.15) is 17.6 Å². The van der Waals surface area contributed by atoms with Gasteiger partial charge in [-0.3, -0.25) is 9.69 Å². The Morgan fingerprint density at radius 2 is 2.04 bits per heavy atom. The van der Waals surface area contributed by atoms with E-state index in [0.29, 0.717) is 6.61 Å². The zero-order valence-electron chi connectivity index (χ0n) is 15.9. The molecule has 146 valence electrons. The number of likely N-dealkylation sites (tertiary alicyclic amines) is 1. The Bertz CT molecular complexity index is 901. The summed E-state index contributed by atoms with van der Waals surface area (Å²) < 4.78 is 12.4. The second kappa shape index (κ2) is 6.82. The second-order valence-corrected chi connectivity index (χ2v) is 8.24. The van der Waals surface area contributed by atoms with Gasteiger partial charge in [-0.2, -0.15) is 0 Å². The van der Waals surface area contributed by atoms with Crippen molar-refractivity contribution >= 4 is 5.97 Å². The molecule has 0 unspecified atom stereocenters. The van der Waals surface area contributed by atoms with Crippen molar-refractivity contribution in [3.63, 3.8) is 0 Å². The number of benzene rings is 2. The minimum Gasteiger partial charge on any atom is -0.492 e. The fraction of sp³-hybridized carbons (Fsp3) is 0.435. The molecule has 0 amide bonds. The van der Waals surface area contributed by atoms with Crippen molar-refractivity contribution in [2.75, 3.05) is 26.2 Å².